The van der Waals surface area contributed by atoms with Crippen molar-refractivity contribution in [3.05, 3.63) is 84.2 Å². The summed E-state index contributed by atoms with van der Waals surface area (Å²) < 4.78 is 19.3. The molecule has 1 heterocycles. The van der Waals surface area contributed by atoms with Crippen LogP contribution in [0.1, 0.15) is 18.6 Å². The fourth-order valence-corrected chi connectivity index (χ4v) is 3.23. The Kier molecular flexibility index (Phi) is 5.26. The number of aromatic nitrogens is 2. The number of anilines is 1. The maximum absolute atomic E-state index is 14.1. The summed E-state index contributed by atoms with van der Waals surface area (Å²) in [6, 6.07) is 20.5. The van der Waals surface area contributed by atoms with Gasteiger partial charge >= 0.3 is 5.97 Å². The number of hydrogen-bond donors (Lipinski definition) is 2. The Morgan fingerprint density at radius 1 is 1.03 bits per heavy atom. The number of halogens is 1. The number of hydrogen-bond acceptors (Lipinski definition) is 4. The van der Waals surface area contributed by atoms with Gasteiger partial charge in [-0.15, -0.1) is 0 Å². The van der Waals surface area contributed by atoms with E-state index < -0.39 is 18.0 Å². The van der Waals surface area contributed by atoms with E-state index in [1.807, 2.05) is 0 Å². The van der Waals surface area contributed by atoms with Crippen molar-refractivity contribution in [3.63, 3.8) is 0 Å². The summed E-state index contributed by atoms with van der Waals surface area (Å²) in [5.41, 5.74) is 2.34. The summed E-state index contributed by atoms with van der Waals surface area (Å²) in [4.78, 5) is 24.3. The molecular formula is C23H18FN3O3. The van der Waals surface area contributed by atoms with E-state index in [2.05, 4.69) is 15.5 Å². The van der Waals surface area contributed by atoms with Crippen LogP contribution in [-0.4, -0.2) is 22.1 Å². The van der Waals surface area contributed by atoms with Crippen molar-refractivity contribution >= 4 is 28.6 Å². The summed E-state index contributed by atoms with van der Waals surface area (Å²) in [6.07, 6.45) is -1.10. The molecule has 1 unspecified atom stereocenters. The maximum Gasteiger partial charge on any atom is 0.303 e. The quantitative estimate of drug-likeness (QED) is 0.477. The Bertz CT molecular complexity index is 1220. The molecule has 4 rings (SSSR count). The number of benzene rings is 3. The van der Waals surface area contributed by atoms with Gasteiger partial charge in [0.05, 0.1) is 5.52 Å². The van der Waals surface area contributed by atoms with Crippen molar-refractivity contribution < 1.29 is 18.7 Å². The number of fused-ring (bicyclic) bond motifs is 1. The summed E-state index contributed by atoms with van der Waals surface area (Å²) >= 11 is 0. The molecule has 150 valence electrons. The molecule has 0 radical (unpaired) electrons. The van der Waals surface area contributed by atoms with E-state index in [-0.39, 0.29) is 5.82 Å². The second-order valence-corrected chi connectivity index (χ2v) is 6.70. The van der Waals surface area contributed by atoms with Crippen LogP contribution in [0.5, 0.6) is 0 Å². The number of ether oxygens (including phenoxy) is 1. The van der Waals surface area contributed by atoms with E-state index in [9.17, 15) is 14.0 Å². The lowest BCUT2D eigenvalue weighted by Crippen LogP contribution is -2.25. The summed E-state index contributed by atoms with van der Waals surface area (Å²) in [5.74, 6) is -1.12. The normalized spacial score (nSPS) is 11.8. The zero-order chi connectivity index (χ0) is 21.1. The largest absolute Gasteiger partial charge is 0.447 e. The van der Waals surface area contributed by atoms with E-state index in [4.69, 9.17) is 4.74 Å². The standard InChI is InChI=1S/C23H18FN3O3/c1-14(28)30-21(15-7-3-2-4-8-15)23(29)25-22-18-12-11-16(13-20(18)26-27-22)17-9-5-6-10-19(17)24/h2-13,21H,1H3,(H2,25,26,27,29). The van der Waals surface area contributed by atoms with Crippen LogP contribution in [0, 0.1) is 5.82 Å². The molecule has 1 atom stereocenters. The fourth-order valence-electron chi connectivity index (χ4n) is 3.23. The molecule has 0 saturated heterocycles. The third kappa shape index (κ3) is 3.91. The lowest BCUT2D eigenvalue weighted by atomic mass is 10.0. The van der Waals surface area contributed by atoms with Crippen molar-refractivity contribution in [1.82, 2.24) is 10.2 Å². The molecule has 0 fully saturated rings. The molecule has 4 aromatic rings. The molecule has 7 heteroatoms. The van der Waals surface area contributed by atoms with Crippen LogP contribution in [0.3, 0.4) is 0 Å². The summed E-state index contributed by atoms with van der Waals surface area (Å²) in [6.45, 7) is 1.25. The highest BCUT2D eigenvalue weighted by atomic mass is 19.1. The van der Waals surface area contributed by atoms with Crippen LogP contribution in [0.2, 0.25) is 0 Å². The van der Waals surface area contributed by atoms with Crippen molar-refractivity contribution in [2.24, 2.45) is 0 Å². The maximum atomic E-state index is 14.1. The third-order valence-electron chi connectivity index (χ3n) is 4.61. The van der Waals surface area contributed by atoms with E-state index >= 15 is 0 Å². The van der Waals surface area contributed by atoms with Gasteiger partial charge in [0.1, 0.15) is 5.82 Å². The van der Waals surface area contributed by atoms with Crippen LogP contribution >= 0.6 is 0 Å². The van der Waals surface area contributed by atoms with Crippen LogP contribution < -0.4 is 5.32 Å². The van der Waals surface area contributed by atoms with E-state index in [1.165, 1.54) is 13.0 Å². The van der Waals surface area contributed by atoms with Gasteiger partial charge in [-0.05, 0) is 23.8 Å². The first-order valence-electron chi connectivity index (χ1n) is 9.29. The van der Waals surface area contributed by atoms with Gasteiger partial charge in [-0.1, -0.05) is 54.6 Å². The Hall–Kier alpha value is -4.00. The lowest BCUT2D eigenvalue weighted by Gasteiger charge is -2.16. The van der Waals surface area contributed by atoms with Crippen LogP contribution in [0.4, 0.5) is 10.2 Å². The summed E-state index contributed by atoms with van der Waals surface area (Å²) in [5, 5.41) is 10.4. The van der Waals surface area contributed by atoms with Crippen LogP contribution in [-0.2, 0) is 14.3 Å². The summed E-state index contributed by atoms with van der Waals surface area (Å²) in [7, 11) is 0. The Balaban J connectivity index is 1.62. The number of H-pyrrole nitrogens is 1. The SMILES string of the molecule is CC(=O)OC(C(=O)Nc1n[nH]c2cc(-c3ccccc3F)ccc12)c1ccccc1. The molecule has 0 aliphatic carbocycles. The van der Waals surface area contributed by atoms with E-state index in [1.54, 1.807) is 66.7 Å². The third-order valence-corrected chi connectivity index (χ3v) is 4.61. The molecule has 0 saturated carbocycles. The van der Waals surface area contributed by atoms with Gasteiger partial charge < -0.3 is 10.1 Å². The first-order chi connectivity index (χ1) is 14.5. The number of nitrogens with one attached hydrogen (secondary N) is 2. The molecular weight excluding hydrogens is 385 g/mol. The van der Waals surface area contributed by atoms with Gasteiger partial charge in [-0.25, -0.2) is 4.39 Å². The number of amides is 1. The minimum Gasteiger partial charge on any atom is -0.447 e. The number of carbonyl (C=O) groups excluding carboxylic acids is 2. The topological polar surface area (TPSA) is 84.1 Å². The first kappa shape index (κ1) is 19.3. The molecule has 1 amide bonds. The second-order valence-electron chi connectivity index (χ2n) is 6.70. The Labute approximate surface area is 171 Å². The first-order valence-corrected chi connectivity index (χ1v) is 9.29. The van der Waals surface area contributed by atoms with E-state index in [0.29, 0.717) is 33.4 Å². The minimum absolute atomic E-state index is 0.295. The highest BCUT2D eigenvalue weighted by molar-refractivity contribution is 6.02. The van der Waals surface area contributed by atoms with Crippen molar-refractivity contribution in [1.29, 1.82) is 0 Å². The van der Waals surface area contributed by atoms with Gasteiger partial charge in [-0.3, -0.25) is 14.7 Å². The molecule has 0 spiro atoms. The molecule has 30 heavy (non-hydrogen) atoms. The van der Waals surface area contributed by atoms with Crippen LogP contribution in [0.15, 0.2) is 72.8 Å². The van der Waals surface area contributed by atoms with Gasteiger partial charge in [0.15, 0.2) is 5.82 Å². The zero-order valence-corrected chi connectivity index (χ0v) is 16.1. The molecule has 0 bridgehead atoms. The Morgan fingerprint density at radius 3 is 2.50 bits per heavy atom. The van der Waals surface area contributed by atoms with Gasteiger partial charge in [0, 0.05) is 23.4 Å². The molecule has 3 aromatic carbocycles. The van der Waals surface area contributed by atoms with Gasteiger partial charge in [-0.2, -0.15) is 5.10 Å². The number of esters is 1. The van der Waals surface area contributed by atoms with Crippen molar-refractivity contribution in [2.75, 3.05) is 5.32 Å². The van der Waals surface area contributed by atoms with Gasteiger partial charge in [0.25, 0.3) is 5.91 Å². The Morgan fingerprint density at radius 2 is 1.77 bits per heavy atom. The lowest BCUT2D eigenvalue weighted by molar-refractivity contribution is -0.152. The highest BCUT2D eigenvalue weighted by Gasteiger charge is 2.25. The second kappa shape index (κ2) is 8.16. The predicted molar refractivity (Wildman–Crippen MR) is 111 cm³/mol. The molecule has 1 aromatic heterocycles. The number of carbonyl (C=O) groups is 2. The number of nitrogens with zero attached hydrogens (tertiary/aromatic N) is 1. The van der Waals surface area contributed by atoms with Crippen molar-refractivity contribution in [2.45, 2.75) is 13.0 Å². The van der Waals surface area contributed by atoms with E-state index in [0.717, 1.165) is 0 Å². The molecule has 0 aliphatic heterocycles. The predicted octanol–water partition coefficient (Wildman–Crippen LogP) is 4.61. The van der Waals surface area contributed by atoms with Gasteiger partial charge in [0.2, 0.25) is 6.10 Å². The fraction of sp³-hybridized carbons (Fsp3) is 0.0870. The highest BCUT2D eigenvalue weighted by Crippen LogP contribution is 2.29. The molecule has 6 nitrogen and oxygen atoms in total. The number of aromatic amines is 1. The molecule has 0 aliphatic rings. The zero-order valence-electron chi connectivity index (χ0n) is 16.1. The van der Waals surface area contributed by atoms with Crippen molar-refractivity contribution in [3.8, 4) is 11.1 Å². The average molecular weight is 403 g/mol. The van der Waals surface area contributed by atoms with Crippen LogP contribution in [0.25, 0.3) is 22.0 Å². The average Bonchev–Trinajstić information content (AvgIpc) is 3.14. The smallest absolute Gasteiger partial charge is 0.303 e. The number of rotatable bonds is 5. The molecule has 2 N–H and O–H groups in total. The monoisotopic (exact) mass is 403 g/mol. The minimum atomic E-state index is -1.10.